The number of carbonyl (C=O) groups excluding carboxylic acids is 2. The van der Waals surface area contributed by atoms with Crippen LogP contribution >= 0.6 is 11.8 Å². The van der Waals surface area contributed by atoms with Gasteiger partial charge < -0.3 is 15.4 Å². The quantitative estimate of drug-likeness (QED) is 0.733. The Balaban J connectivity index is 1.77. The first kappa shape index (κ1) is 19.8. The molecule has 0 heterocycles. The number of benzene rings is 2. The van der Waals surface area contributed by atoms with Gasteiger partial charge in [-0.25, -0.2) is 4.39 Å². The largest absolute Gasteiger partial charge is 0.494 e. The SMILES string of the molecule is CCOc1ccc(NC(=O)[C@H](C)SCC(=O)Nc2ccc(F)cc2)cc1. The molecule has 2 rings (SSSR count). The standard InChI is InChI=1S/C19H21FN2O3S/c1-3-25-17-10-8-16(9-11-17)22-19(24)13(2)26-12-18(23)21-15-6-4-14(20)5-7-15/h4-11,13H,3,12H2,1-2H3,(H,21,23)(H,22,24)/t13-/m0/s1. The lowest BCUT2D eigenvalue weighted by atomic mass is 10.3. The Morgan fingerprint density at radius 3 is 2.23 bits per heavy atom. The fraction of sp³-hybridized carbons (Fsp3) is 0.263. The van der Waals surface area contributed by atoms with E-state index >= 15 is 0 Å². The van der Waals surface area contributed by atoms with E-state index < -0.39 is 5.25 Å². The maximum atomic E-state index is 12.8. The predicted octanol–water partition coefficient (Wildman–Crippen LogP) is 3.92. The average Bonchev–Trinajstić information content (AvgIpc) is 2.63. The molecule has 0 aromatic heterocycles. The lowest BCUT2D eigenvalue weighted by Gasteiger charge is -2.12. The van der Waals surface area contributed by atoms with Gasteiger partial charge in [-0.05, 0) is 62.4 Å². The topological polar surface area (TPSA) is 67.4 Å². The molecule has 2 amide bonds. The minimum Gasteiger partial charge on any atom is -0.494 e. The van der Waals surface area contributed by atoms with Gasteiger partial charge in [0.15, 0.2) is 0 Å². The third-order valence-corrected chi connectivity index (χ3v) is 4.54. The Morgan fingerprint density at radius 1 is 1.04 bits per heavy atom. The molecule has 2 aromatic carbocycles. The molecular formula is C19H21FN2O3S. The van der Waals surface area contributed by atoms with Crippen LogP contribution in [-0.2, 0) is 9.59 Å². The molecule has 0 bridgehead atoms. The molecule has 0 aliphatic rings. The van der Waals surface area contributed by atoms with E-state index in [2.05, 4.69) is 10.6 Å². The van der Waals surface area contributed by atoms with Crippen molar-refractivity contribution in [3.05, 3.63) is 54.3 Å². The highest BCUT2D eigenvalue weighted by Crippen LogP contribution is 2.18. The first-order valence-electron chi connectivity index (χ1n) is 8.18. The van der Waals surface area contributed by atoms with Gasteiger partial charge in [0, 0.05) is 11.4 Å². The summed E-state index contributed by atoms with van der Waals surface area (Å²) in [5.41, 5.74) is 1.19. The molecule has 1 atom stereocenters. The number of anilines is 2. The molecule has 7 heteroatoms. The molecule has 0 saturated carbocycles. The van der Waals surface area contributed by atoms with Crippen LogP contribution in [0.1, 0.15) is 13.8 Å². The van der Waals surface area contributed by atoms with Crippen molar-refractivity contribution in [2.75, 3.05) is 23.0 Å². The summed E-state index contributed by atoms with van der Waals surface area (Å²) in [6.45, 7) is 4.22. The molecule has 138 valence electrons. The predicted molar refractivity (Wildman–Crippen MR) is 103 cm³/mol. The summed E-state index contributed by atoms with van der Waals surface area (Å²) in [7, 11) is 0. The number of carbonyl (C=O) groups is 2. The number of thioether (sulfide) groups is 1. The van der Waals surface area contributed by atoms with Crippen LogP contribution < -0.4 is 15.4 Å². The molecule has 0 saturated heterocycles. The summed E-state index contributed by atoms with van der Waals surface area (Å²) < 4.78 is 18.2. The van der Waals surface area contributed by atoms with Gasteiger partial charge >= 0.3 is 0 Å². The monoisotopic (exact) mass is 376 g/mol. The van der Waals surface area contributed by atoms with Crippen molar-refractivity contribution in [3.63, 3.8) is 0 Å². The van der Waals surface area contributed by atoms with Crippen LogP contribution in [0.2, 0.25) is 0 Å². The zero-order chi connectivity index (χ0) is 18.9. The van der Waals surface area contributed by atoms with E-state index in [4.69, 9.17) is 4.74 Å². The number of amides is 2. The van der Waals surface area contributed by atoms with E-state index in [1.165, 1.54) is 36.0 Å². The van der Waals surface area contributed by atoms with Crippen molar-refractivity contribution in [2.45, 2.75) is 19.1 Å². The van der Waals surface area contributed by atoms with E-state index in [0.29, 0.717) is 18.0 Å². The number of hydrogen-bond acceptors (Lipinski definition) is 4. The van der Waals surface area contributed by atoms with Crippen molar-refractivity contribution < 1.29 is 18.7 Å². The van der Waals surface area contributed by atoms with Crippen molar-refractivity contribution in [3.8, 4) is 5.75 Å². The minimum atomic E-state index is -0.402. The molecule has 0 unspecified atom stereocenters. The Morgan fingerprint density at radius 2 is 1.62 bits per heavy atom. The zero-order valence-corrected chi connectivity index (χ0v) is 15.4. The van der Waals surface area contributed by atoms with Crippen molar-refractivity contribution in [1.82, 2.24) is 0 Å². The van der Waals surface area contributed by atoms with Gasteiger partial charge in [-0.2, -0.15) is 0 Å². The summed E-state index contributed by atoms with van der Waals surface area (Å²) in [5, 5.41) is 5.06. The average molecular weight is 376 g/mol. The summed E-state index contributed by atoms with van der Waals surface area (Å²) in [6, 6.07) is 12.6. The van der Waals surface area contributed by atoms with Crippen LogP contribution in [-0.4, -0.2) is 29.4 Å². The lowest BCUT2D eigenvalue weighted by Crippen LogP contribution is -2.25. The third kappa shape index (κ3) is 6.40. The molecule has 5 nitrogen and oxygen atoms in total. The Labute approximate surface area is 156 Å². The second-order valence-electron chi connectivity index (χ2n) is 5.45. The van der Waals surface area contributed by atoms with E-state index in [1.807, 2.05) is 6.92 Å². The van der Waals surface area contributed by atoms with Crippen molar-refractivity contribution in [2.24, 2.45) is 0 Å². The Bertz CT molecular complexity index is 735. The zero-order valence-electron chi connectivity index (χ0n) is 14.6. The van der Waals surface area contributed by atoms with E-state index in [9.17, 15) is 14.0 Å². The fourth-order valence-corrected chi connectivity index (χ4v) is 2.74. The molecule has 2 aromatic rings. The molecular weight excluding hydrogens is 355 g/mol. The van der Waals surface area contributed by atoms with Crippen molar-refractivity contribution >= 4 is 35.0 Å². The molecule has 0 fully saturated rings. The van der Waals surface area contributed by atoms with Crippen LogP contribution in [0, 0.1) is 5.82 Å². The maximum absolute atomic E-state index is 12.8. The molecule has 0 spiro atoms. The first-order chi connectivity index (χ1) is 12.5. The van der Waals surface area contributed by atoms with E-state index in [1.54, 1.807) is 31.2 Å². The lowest BCUT2D eigenvalue weighted by molar-refractivity contribution is -0.115. The minimum absolute atomic E-state index is 0.120. The number of hydrogen-bond donors (Lipinski definition) is 2. The van der Waals surface area contributed by atoms with Crippen LogP contribution in [0.25, 0.3) is 0 Å². The van der Waals surface area contributed by atoms with Crippen LogP contribution in [0.15, 0.2) is 48.5 Å². The second kappa shape index (κ2) is 9.82. The summed E-state index contributed by atoms with van der Waals surface area (Å²) in [5.74, 6) is 0.0633. The smallest absolute Gasteiger partial charge is 0.237 e. The number of ether oxygens (including phenoxy) is 1. The number of rotatable bonds is 8. The van der Waals surface area contributed by atoms with Gasteiger partial charge in [-0.1, -0.05) is 0 Å². The highest BCUT2D eigenvalue weighted by molar-refractivity contribution is 8.01. The summed E-state index contributed by atoms with van der Waals surface area (Å²) >= 11 is 1.22. The summed E-state index contributed by atoms with van der Waals surface area (Å²) in [4.78, 5) is 24.1. The van der Waals surface area contributed by atoms with Gasteiger partial charge in [-0.3, -0.25) is 9.59 Å². The van der Waals surface area contributed by atoms with Gasteiger partial charge in [0.05, 0.1) is 17.6 Å². The molecule has 0 aliphatic carbocycles. The van der Waals surface area contributed by atoms with Crippen LogP contribution in [0.5, 0.6) is 5.75 Å². The molecule has 26 heavy (non-hydrogen) atoms. The molecule has 0 aliphatic heterocycles. The van der Waals surface area contributed by atoms with Gasteiger partial charge in [0.2, 0.25) is 11.8 Å². The normalized spacial score (nSPS) is 11.5. The van der Waals surface area contributed by atoms with Crippen LogP contribution in [0.3, 0.4) is 0 Å². The maximum Gasteiger partial charge on any atom is 0.237 e. The van der Waals surface area contributed by atoms with Gasteiger partial charge in [0.1, 0.15) is 11.6 Å². The third-order valence-electron chi connectivity index (χ3n) is 3.39. The van der Waals surface area contributed by atoms with Gasteiger partial charge in [-0.15, -0.1) is 11.8 Å². The van der Waals surface area contributed by atoms with Crippen LogP contribution in [0.4, 0.5) is 15.8 Å². The van der Waals surface area contributed by atoms with Crippen molar-refractivity contribution in [1.29, 1.82) is 0 Å². The number of halogens is 1. The Kier molecular flexibility index (Phi) is 7.47. The first-order valence-corrected chi connectivity index (χ1v) is 9.23. The highest BCUT2D eigenvalue weighted by atomic mass is 32.2. The highest BCUT2D eigenvalue weighted by Gasteiger charge is 2.15. The molecule has 0 radical (unpaired) electrons. The number of nitrogens with one attached hydrogen (secondary N) is 2. The summed E-state index contributed by atoms with van der Waals surface area (Å²) in [6.07, 6.45) is 0. The second-order valence-corrected chi connectivity index (χ2v) is 6.78. The van der Waals surface area contributed by atoms with Gasteiger partial charge in [0.25, 0.3) is 0 Å². The fourth-order valence-electron chi connectivity index (χ4n) is 2.05. The Hall–Kier alpha value is -2.54. The van der Waals surface area contributed by atoms with E-state index in [0.717, 1.165) is 5.75 Å². The molecule has 2 N–H and O–H groups in total. The van der Waals surface area contributed by atoms with E-state index in [-0.39, 0.29) is 23.4 Å².